The largest absolute Gasteiger partial charge is 0.394 e. The van der Waals surface area contributed by atoms with Crippen molar-refractivity contribution in [3.8, 4) is 0 Å². The van der Waals surface area contributed by atoms with Gasteiger partial charge in [-0.15, -0.1) is 0 Å². The van der Waals surface area contributed by atoms with Gasteiger partial charge in [0, 0.05) is 0 Å². The molecule has 0 fully saturated rings. The number of ether oxygens (including phenoxy) is 2. The van der Waals surface area contributed by atoms with Crippen LogP contribution in [0, 0.1) is 0 Å². The van der Waals surface area contributed by atoms with Crippen LogP contribution in [0.1, 0.15) is 19.4 Å². The van der Waals surface area contributed by atoms with E-state index in [2.05, 4.69) is 0 Å². The molecule has 3 N–H and O–H groups in total. The summed E-state index contributed by atoms with van der Waals surface area (Å²) in [6.07, 6.45) is 0.197. The monoisotopic (exact) mass is 253 g/mol. The minimum absolute atomic E-state index is 0.151. The maximum Gasteiger partial charge on any atom is 0.0881 e. The highest BCUT2D eigenvalue weighted by Crippen LogP contribution is 2.17. The maximum absolute atomic E-state index is 9.45. The summed E-state index contributed by atoms with van der Waals surface area (Å²) >= 11 is 0. The molecule has 0 saturated carbocycles. The topological polar surface area (TPSA) is 64.7 Å². The van der Waals surface area contributed by atoms with Gasteiger partial charge >= 0.3 is 0 Å². The van der Waals surface area contributed by atoms with Crippen LogP contribution in [0.15, 0.2) is 30.3 Å². The summed E-state index contributed by atoms with van der Waals surface area (Å²) in [6.45, 7) is 5.09. The number of aliphatic hydroxyl groups excluding tert-OH is 1. The fourth-order valence-electron chi connectivity index (χ4n) is 1.59. The number of nitrogens with two attached hydrogens (primary N) is 1. The summed E-state index contributed by atoms with van der Waals surface area (Å²) < 4.78 is 10.9. The first kappa shape index (κ1) is 15.1. The van der Waals surface area contributed by atoms with E-state index >= 15 is 0 Å². The van der Waals surface area contributed by atoms with Gasteiger partial charge in [-0.1, -0.05) is 30.3 Å². The second kappa shape index (κ2) is 7.48. The summed E-state index contributed by atoms with van der Waals surface area (Å²) in [4.78, 5) is 0. The van der Waals surface area contributed by atoms with Gasteiger partial charge < -0.3 is 20.3 Å². The Bertz CT molecular complexity index is 329. The molecule has 4 heteroatoms. The van der Waals surface area contributed by atoms with Crippen molar-refractivity contribution < 1.29 is 14.6 Å². The van der Waals surface area contributed by atoms with Crippen molar-refractivity contribution in [2.75, 3.05) is 26.4 Å². The normalized spacial score (nSPS) is 14.7. The SMILES string of the molecule is CC(C)OCCOCC(N)(CO)c1ccccc1. The third-order valence-electron chi connectivity index (χ3n) is 2.67. The summed E-state index contributed by atoms with van der Waals surface area (Å²) in [5, 5.41) is 9.45. The van der Waals surface area contributed by atoms with Gasteiger partial charge in [-0.3, -0.25) is 0 Å². The van der Waals surface area contributed by atoms with Gasteiger partial charge in [0.25, 0.3) is 0 Å². The molecule has 0 spiro atoms. The highest BCUT2D eigenvalue weighted by Gasteiger charge is 2.26. The Morgan fingerprint density at radius 3 is 2.44 bits per heavy atom. The van der Waals surface area contributed by atoms with E-state index in [4.69, 9.17) is 15.2 Å². The maximum atomic E-state index is 9.45. The quantitative estimate of drug-likeness (QED) is 0.685. The van der Waals surface area contributed by atoms with Crippen molar-refractivity contribution >= 4 is 0 Å². The first-order valence-electron chi connectivity index (χ1n) is 6.23. The Labute approximate surface area is 109 Å². The molecule has 0 saturated heterocycles. The summed E-state index contributed by atoms with van der Waals surface area (Å²) in [5.41, 5.74) is 6.17. The number of benzene rings is 1. The van der Waals surface area contributed by atoms with Crippen LogP contribution in [0.2, 0.25) is 0 Å². The second-order valence-corrected chi connectivity index (χ2v) is 4.65. The van der Waals surface area contributed by atoms with E-state index < -0.39 is 5.54 Å². The van der Waals surface area contributed by atoms with Crippen molar-refractivity contribution in [3.63, 3.8) is 0 Å². The lowest BCUT2D eigenvalue weighted by atomic mass is 9.93. The summed E-state index contributed by atoms with van der Waals surface area (Å²) in [6, 6.07) is 9.50. The highest BCUT2D eigenvalue weighted by atomic mass is 16.5. The van der Waals surface area contributed by atoms with Crippen molar-refractivity contribution in [2.24, 2.45) is 5.73 Å². The van der Waals surface area contributed by atoms with E-state index in [1.54, 1.807) is 0 Å². The van der Waals surface area contributed by atoms with Crippen LogP contribution < -0.4 is 5.73 Å². The Morgan fingerprint density at radius 1 is 1.22 bits per heavy atom. The molecule has 0 bridgehead atoms. The van der Waals surface area contributed by atoms with Crippen LogP contribution in [-0.4, -0.2) is 37.6 Å². The molecule has 0 aliphatic heterocycles. The predicted molar refractivity (Wildman–Crippen MR) is 71.3 cm³/mol. The van der Waals surface area contributed by atoms with Crippen LogP contribution in [0.25, 0.3) is 0 Å². The van der Waals surface area contributed by atoms with Gasteiger partial charge in [-0.2, -0.15) is 0 Å². The van der Waals surface area contributed by atoms with Crippen LogP contribution >= 0.6 is 0 Å². The van der Waals surface area contributed by atoms with Crippen LogP contribution in [0.3, 0.4) is 0 Å². The molecule has 1 rings (SSSR count). The lowest BCUT2D eigenvalue weighted by Gasteiger charge is -2.27. The molecule has 18 heavy (non-hydrogen) atoms. The van der Waals surface area contributed by atoms with Crippen LogP contribution in [0.5, 0.6) is 0 Å². The number of rotatable bonds is 8. The van der Waals surface area contributed by atoms with Gasteiger partial charge in [0.1, 0.15) is 0 Å². The summed E-state index contributed by atoms with van der Waals surface area (Å²) in [7, 11) is 0. The van der Waals surface area contributed by atoms with E-state index in [1.165, 1.54) is 0 Å². The van der Waals surface area contributed by atoms with E-state index in [1.807, 2.05) is 44.2 Å². The molecule has 1 unspecified atom stereocenters. The van der Waals surface area contributed by atoms with Crippen molar-refractivity contribution in [3.05, 3.63) is 35.9 Å². The molecule has 0 aliphatic carbocycles. The Kier molecular flexibility index (Phi) is 6.29. The zero-order valence-electron chi connectivity index (χ0n) is 11.1. The first-order valence-corrected chi connectivity index (χ1v) is 6.23. The van der Waals surface area contributed by atoms with Crippen molar-refractivity contribution in [1.82, 2.24) is 0 Å². The number of hydrogen-bond acceptors (Lipinski definition) is 4. The summed E-state index contributed by atoms with van der Waals surface area (Å²) in [5.74, 6) is 0. The fourth-order valence-corrected chi connectivity index (χ4v) is 1.59. The molecular formula is C14H23NO3. The molecule has 0 aliphatic rings. The Morgan fingerprint density at radius 2 is 1.89 bits per heavy atom. The lowest BCUT2D eigenvalue weighted by molar-refractivity contribution is -0.00387. The average molecular weight is 253 g/mol. The standard InChI is InChI=1S/C14H23NO3/c1-12(2)18-9-8-17-11-14(15,10-16)13-6-4-3-5-7-13/h3-7,12,16H,8-11,15H2,1-2H3. The van der Waals surface area contributed by atoms with Gasteiger partial charge in [-0.05, 0) is 19.4 Å². The molecule has 1 aromatic carbocycles. The Hall–Kier alpha value is -0.940. The molecule has 0 heterocycles. The highest BCUT2D eigenvalue weighted by molar-refractivity contribution is 5.24. The number of hydrogen-bond donors (Lipinski definition) is 2. The second-order valence-electron chi connectivity index (χ2n) is 4.65. The van der Waals surface area contributed by atoms with E-state index in [0.29, 0.717) is 13.2 Å². The van der Waals surface area contributed by atoms with E-state index in [0.717, 1.165) is 5.56 Å². The third kappa shape index (κ3) is 4.74. The predicted octanol–water partition coefficient (Wildman–Crippen LogP) is 1.27. The third-order valence-corrected chi connectivity index (χ3v) is 2.67. The molecule has 0 amide bonds. The smallest absolute Gasteiger partial charge is 0.0881 e. The van der Waals surface area contributed by atoms with Gasteiger partial charge in [0.05, 0.1) is 38.1 Å². The van der Waals surface area contributed by atoms with Gasteiger partial charge in [0.2, 0.25) is 0 Å². The molecule has 0 aromatic heterocycles. The number of aliphatic hydroxyl groups is 1. The average Bonchev–Trinajstić information content (AvgIpc) is 2.38. The van der Waals surface area contributed by atoms with Crippen molar-refractivity contribution in [1.29, 1.82) is 0 Å². The lowest BCUT2D eigenvalue weighted by Crippen LogP contribution is -2.45. The van der Waals surface area contributed by atoms with Crippen LogP contribution in [0.4, 0.5) is 0 Å². The zero-order valence-corrected chi connectivity index (χ0v) is 11.1. The molecule has 0 radical (unpaired) electrons. The van der Waals surface area contributed by atoms with Crippen molar-refractivity contribution in [2.45, 2.75) is 25.5 Å². The molecule has 4 nitrogen and oxygen atoms in total. The minimum Gasteiger partial charge on any atom is -0.394 e. The van der Waals surface area contributed by atoms with Gasteiger partial charge in [0.15, 0.2) is 0 Å². The zero-order chi connectivity index (χ0) is 13.4. The Balaban J connectivity index is 2.42. The van der Waals surface area contributed by atoms with E-state index in [9.17, 15) is 5.11 Å². The minimum atomic E-state index is -0.848. The molecular weight excluding hydrogens is 230 g/mol. The first-order chi connectivity index (χ1) is 8.58. The van der Waals surface area contributed by atoms with Gasteiger partial charge in [-0.25, -0.2) is 0 Å². The fraction of sp³-hybridized carbons (Fsp3) is 0.571. The molecule has 1 aromatic rings. The van der Waals surface area contributed by atoms with Crippen LogP contribution in [-0.2, 0) is 15.0 Å². The molecule has 1 atom stereocenters. The molecule has 102 valence electrons. The van der Waals surface area contributed by atoms with E-state index in [-0.39, 0.29) is 19.3 Å².